The van der Waals surface area contributed by atoms with Crippen LogP contribution < -0.4 is 5.32 Å². The Balaban J connectivity index is 2.44. The highest BCUT2D eigenvalue weighted by Crippen LogP contribution is 2.08. The van der Waals surface area contributed by atoms with E-state index in [2.05, 4.69) is 27.9 Å². The molecular formula is C11H19N3O2S. The predicted octanol–water partition coefficient (Wildman–Crippen LogP) is 1.78. The van der Waals surface area contributed by atoms with Crippen LogP contribution in [0.15, 0.2) is 12.5 Å². The van der Waals surface area contributed by atoms with Crippen molar-refractivity contribution in [3.8, 4) is 0 Å². The van der Waals surface area contributed by atoms with Gasteiger partial charge in [-0.25, -0.2) is 9.78 Å². The molecule has 6 heteroatoms. The second kappa shape index (κ2) is 5.95. The molecule has 1 heterocycles. The average Bonchev–Trinajstić information content (AvgIpc) is 2.66. The van der Waals surface area contributed by atoms with E-state index in [0.717, 1.165) is 5.69 Å². The van der Waals surface area contributed by atoms with Gasteiger partial charge >= 0.3 is 6.09 Å². The summed E-state index contributed by atoms with van der Waals surface area (Å²) in [5.41, 5.74) is 0.472. The summed E-state index contributed by atoms with van der Waals surface area (Å²) in [6.45, 7) is 5.49. The van der Waals surface area contributed by atoms with Crippen molar-refractivity contribution >= 4 is 18.7 Å². The van der Waals surface area contributed by atoms with E-state index >= 15 is 0 Å². The Morgan fingerprint density at radius 2 is 2.35 bits per heavy atom. The first-order valence-electron chi connectivity index (χ1n) is 5.48. The maximum atomic E-state index is 11.6. The standard InChI is InChI=1S/C11H19N3O2S/c1-11(2,3)16-10(15)14-9(6-17)4-8-5-12-7-13-8/h5,7,9,17H,4,6H2,1-3H3,(H,12,13)(H,14,15)/t9-/m1/s1. The van der Waals surface area contributed by atoms with Gasteiger partial charge in [-0.3, -0.25) is 0 Å². The molecule has 0 bridgehead atoms. The largest absolute Gasteiger partial charge is 0.444 e. The Morgan fingerprint density at radius 3 is 2.82 bits per heavy atom. The maximum absolute atomic E-state index is 11.6. The fourth-order valence-electron chi connectivity index (χ4n) is 1.30. The van der Waals surface area contributed by atoms with Crippen LogP contribution >= 0.6 is 12.6 Å². The van der Waals surface area contributed by atoms with Crippen LogP contribution in [0.3, 0.4) is 0 Å². The fourth-order valence-corrected chi connectivity index (χ4v) is 1.52. The molecule has 0 spiro atoms. The zero-order valence-electron chi connectivity index (χ0n) is 10.4. The number of carbonyl (C=O) groups is 1. The van der Waals surface area contributed by atoms with Crippen molar-refractivity contribution in [2.24, 2.45) is 0 Å². The molecule has 96 valence electrons. The number of aromatic amines is 1. The zero-order valence-corrected chi connectivity index (χ0v) is 11.3. The van der Waals surface area contributed by atoms with Crippen LogP contribution in [-0.2, 0) is 11.2 Å². The number of ether oxygens (including phenoxy) is 1. The van der Waals surface area contributed by atoms with E-state index in [-0.39, 0.29) is 6.04 Å². The number of amides is 1. The summed E-state index contributed by atoms with van der Waals surface area (Å²) < 4.78 is 5.18. The second-order valence-corrected chi connectivity index (χ2v) is 5.17. The first-order chi connectivity index (χ1) is 7.90. The van der Waals surface area contributed by atoms with Crippen LogP contribution in [0.5, 0.6) is 0 Å². The Kier molecular flexibility index (Phi) is 4.86. The Hall–Kier alpha value is -1.17. The normalized spacial score (nSPS) is 13.2. The van der Waals surface area contributed by atoms with Crippen molar-refractivity contribution in [3.63, 3.8) is 0 Å². The molecule has 1 amide bonds. The topological polar surface area (TPSA) is 67.0 Å². The van der Waals surface area contributed by atoms with Crippen LogP contribution in [0.4, 0.5) is 4.79 Å². The summed E-state index contributed by atoms with van der Waals surface area (Å²) in [6, 6.07) is -0.0753. The SMILES string of the molecule is CC(C)(C)OC(=O)N[C@@H](CS)Cc1cnc[nH]1. The number of rotatable bonds is 4. The molecule has 5 nitrogen and oxygen atoms in total. The number of aromatic nitrogens is 2. The van der Waals surface area contributed by atoms with E-state index < -0.39 is 11.7 Å². The molecule has 0 fully saturated rings. The van der Waals surface area contributed by atoms with E-state index in [0.29, 0.717) is 12.2 Å². The molecule has 0 saturated heterocycles. The van der Waals surface area contributed by atoms with Crippen LogP contribution in [0.25, 0.3) is 0 Å². The minimum absolute atomic E-state index is 0.0753. The molecule has 0 saturated carbocycles. The summed E-state index contributed by atoms with van der Waals surface area (Å²) in [7, 11) is 0. The third-order valence-corrected chi connectivity index (χ3v) is 2.40. The van der Waals surface area contributed by atoms with Gasteiger partial charge < -0.3 is 15.0 Å². The quantitative estimate of drug-likeness (QED) is 0.720. The third-order valence-electron chi connectivity index (χ3n) is 1.96. The van der Waals surface area contributed by atoms with Gasteiger partial charge in [0.25, 0.3) is 0 Å². The van der Waals surface area contributed by atoms with Gasteiger partial charge in [-0.05, 0) is 20.8 Å². The van der Waals surface area contributed by atoms with Gasteiger partial charge in [-0.15, -0.1) is 0 Å². The van der Waals surface area contributed by atoms with Gasteiger partial charge in [0.1, 0.15) is 5.60 Å². The van der Waals surface area contributed by atoms with Gasteiger partial charge in [0, 0.05) is 30.1 Å². The van der Waals surface area contributed by atoms with Crippen molar-refractivity contribution in [3.05, 3.63) is 18.2 Å². The van der Waals surface area contributed by atoms with Gasteiger partial charge in [0.2, 0.25) is 0 Å². The molecule has 1 atom stereocenters. The van der Waals surface area contributed by atoms with E-state index in [1.54, 1.807) is 12.5 Å². The summed E-state index contributed by atoms with van der Waals surface area (Å²) in [5.74, 6) is 0.540. The molecular weight excluding hydrogens is 238 g/mol. The minimum atomic E-state index is -0.487. The van der Waals surface area contributed by atoms with Crippen molar-refractivity contribution in [1.29, 1.82) is 0 Å². The lowest BCUT2D eigenvalue weighted by Gasteiger charge is -2.22. The fraction of sp³-hybridized carbons (Fsp3) is 0.636. The molecule has 0 unspecified atom stereocenters. The number of alkyl carbamates (subject to hydrolysis) is 1. The van der Waals surface area contributed by atoms with Gasteiger partial charge in [-0.2, -0.15) is 12.6 Å². The van der Waals surface area contributed by atoms with E-state index in [1.807, 2.05) is 20.8 Å². The van der Waals surface area contributed by atoms with Gasteiger partial charge in [-0.1, -0.05) is 0 Å². The molecule has 2 N–H and O–H groups in total. The van der Waals surface area contributed by atoms with Crippen molar-refractivity contribution in [1.82, 2.24) is 15.3 Å². The lowest BCUT2D eigenvalue weighted by atomic mass is 10.2. The van der Waals surface area contributed by atoms with Crippen LogP contribution in [0.2, 0.25) is 0 Å². The van der Waals surface area contributed by atoms with Crippen molar-refractivity contribution in [2.45, 2.75) is 38.8 Å². The number of hydrogen-bond donors (Lipinski definition) is 3. The van der Waals surface area contributed by atoms with Crippen molar-refractivity contribution in [2.75, 3.05) is 5.75 Å². The maximum Gasteiger partial charge on any atom is 0.407 e. The first kappa shape index (κ1) is 13.9. The monoisotopic (exact) mass is 257 g/mol. The van der Waals surface area contributed by atoms with E-state index in [4.69, 9.17) is 4.74 Å². The number of carbonyl (C=O) groups excluding carboxylic acids is 1. The Labute approximate surface area is 107 Å². The molecule has 17 heavy (non-hydrogen) atoms. The molecule has 1 rings (SSSR count). The number of imidazole rings is 1. The molecule has 0 aliphatic carbocycles. The lowest BCUT2D eigenvalue weighted by Crippen LogP contribution is -2.41. The highest BCUT2D eigenvalue weighted by molar-refractivity contribution is 7.80. The predicted molar refractivity (Wildman–Crippen MR) is 69.3 cm³/mol. The van der Waals surface area contributed by atoms with Gasteiger partial charge in [0.15, 0.2) is 0 Å². The summed E-state index contributed by atoms with van der Waals surface area (Å²) in [6.07, 6.45) is 3.57. The number of H-pyrrole nitrogens is 1. The molecule has 1 aromatic heterocycles. The molecule has 0 aliphatic heterocycles. The Bertz CT molecular complexity index is 346. The summed E-state index contributed by atoms with van der Waals surface area (Å²) in [4.78, 5) is 18.5. The van der Waals surface area contributed by atoms with Crippen LogP contribution in [-0.4, -0.2) is 33.5 Å². The minimum Gasteiger partial charge on any atom is -0.444 e. The second-order valence-electron chi connectivity index (χ2n) is 4.81. The van der Waals surface area contributed by atoms with Crippen LogP contribution in [0, 0.1) is 0 Å². The number of nitrogens with zero attached hydrogens (tertiary/aromatic N) is 1. The number of hydrogen-bond acceptors (Lipinski definition) is 4. The highest BCUT2D eigenvalue weighted by atomic mass is 32.1. The molecule has 0 aromatic carbocycles. The van der Waals surface area contributed by atoms with E-state index in [9.17, 15) is 4.79 Å². The highest BCUT2D eigenvalue weighted by Gasteiger charge is 2.19. The molecule has 1 aromatic rings. The summed E-state index contributed by atoms with van der Waals surface area (Å²) in [5, 5.41) is 2.78. The summed E-state index contributed by atoms with van der Waals surface area (Å²) >= 11 is 4.21. The van der Waals surface area contributed by atoms with E-state index in [1.165, 1.54) is 0 Å². The Morgan fingerprint density at radius 1 is 1.65 bits per heavy atom. The smallest absolute Gasteiger partial charge is 0.407 e. The average molecular weight is 257 g/mol. The third kappa shape index (κ3) is 5.63. The first-order valence-corrected chi connectivity index (χ1v) is 6.11. The zero-order chi connectivity index (χ0) is 12.9. The van der Waals surface area contributed by atoms with Crippen molar-refractivity contribution < 1.29 is 9.53 Å². The van der Waals surface area contributed by atoms with Crippen LogP contribution in [0.1, 0.15) is 26.5 Å². The molecule has 0 radical (unpaired) electrons. The number of thiol groups is 1. The molecule has 0 aliphatic rings. The lowest BCUT2D eigenvalue weighted by molar-refractivity contribution is 0.0509. The number of nitrogens with one attached hydrogen (secondary N) is 2. The van der Waals surface area contributed by atoms with Gasteiger partial charge in [0.05, 0.1) is 6.33 Å².